The first-order valence-electron chi connectivity index (χ1n) is 7.24. The lowest BCUT2D eigenvalue weighted by molar-refractivity contribution is -0.125. The first kappa shape index (κ1) is 12.7. The number of carbonyl (C=O) groups is 1. The molecular weight excluding hydrogens is 238 g/mol. The Balaban J connectivity index is 1.84. The number of amides is 1. The summed E-state index contributed by atoms with van der Waals surface area (Å²) in [5.74, 6) is 0.453. The number of fused-ring (bicyclic) bond motifs is 1. The van der Waals surface area contributed by atoms with Crippen molar-refractivity contribution in [1.29, 1.82) is 0 Å². The maximum absolute atomic E-state index is 12.7. The molecule has 0 unspecified atom stereocenters. The van der Waals surface area contributed by atoms with Crippen LogP contribution in [0.25, 0.3) is 0 Å². The van der Waals surface area contributed by atoms with Gasteiger partial charge in [-0.15, -0.1) is 0 Å². The van der Waals surface area contributed by atoms with Crippen molar-refractivity contribution in [1.82, 2.24) is 0 Å². The van der Waals surface area contributed by atoms with Crippen LogP contribution in [-0.4, -0.2) is 25.7 Å². The minimum Gasteiger partial charge on any atom is -0.381 e. The van der Waals surface area contributed by atoms with Crippen LogP contribution in [-0.2, 0) is 16.0 Å². The normalized spacial score (nSPS) is 20.2. The fourth-order valence-electron chi connectivity index (χ4n) is 3.12. The minimum atomic E-state index is 0.154. The van der Waals surface area contributed by atoms with Crippen LogP contribution in [0.15, 0.2) is 18.2 Å². The summed E-state index contributed by atoms with van der Waals surface area (Å²) in [5.41, 5.74) is 3.74. The van der Waals surface area contributed by atoms with Crippen molar-refractivity contribution in [2.24, 2.45) is 5.92 Å². The standard InChI is InChI=1S/C16H21NO2/c1-12-4-5-15-14(11-12)3-2-8-17(15)16(18)13-6-9-19-10-7-13/h4-5,11,13H,2-3,6-10H2,1H3. The molecule has 0 aromatic heterocycles. The fourth-order valence-corrected chi connectivity index (χ4v) is 3.12. The molecule has 0 saturated carbocycles. The van der Waals surface area contributed by atoms with Crippen molar-refractivity contribution in [3.63, 3.8) is 0 Å². The Morgan fingerprint density at radius 3 is 2.89 bits per heavy atom. The van der Waals surface area contributed by atoms with Gasteiger partial charge in [0.1, 0.15) is 0 Å². The Kier molecular flexibility index (Phi) is 3.56. The molecule has 1 fully saturated rings. The number of hydrogen-bond donors (Lipinski definition) is 0. The van der Waals surface area contributed by atoms with E-state index in [9.17, 15) is 4.79 Å². The number of anilines is 1. The maximum atomic E-state index is 12.7. The highest BCUT2D eigenvalue weighted by Gasteiger charge is 2.29. The summed E-state index contributed by atoms with van der Waals surface area (Å²) in [7, 11) is 0. The van der Waals surface area contributed by atoms with E-state index in [1.165, 1.54) is 11.1 Å². The molecule has 2 heterocycles. The Hall–Kier alpha value is -1.35. The number of rotatable bonds is 1. The zero-order valence-electron chi connectivity index (χ0n) is 11.5. The van der Waals surface area contributed by atoms with Crippen LogP contribution in [0.4, 0.5) is 5.69 Å². The van der Waals surface area contributed by atoms with Crippen molar-refractivity contribution in [3.8, 4) is 0 Å². The van der Waals surface area contributed by atoms with Crippen molar-refractivity contribution >= 4 is 11.6 Å². The quantitative estimate of drug-likeness (QED) is 0.776. The Morgan fingerprint density at radius 1 is 1.32 bits per heavy atom. The van der Waals surface area contributed by atoms with Gasteiger partial charge in [0.25, 0.3) is 0 Å². The van der Waals surface area contributed by atoms with Gasteiger partial charge in [0.05, 0.1) is 0 Å². The van der Waals surface area contributed by atoms with Crippen molar-refractivity contribution in [2.45, 2.75) is 32.6 Å². The predicted octanol–water partition coefficient (Wildman–Crippen LogP) is 2.70. The van der Waals surface area contributed by atoms with Gasteiger partial charge in [-0.05, 0) is 44.2 Å². The van der Waals surface area contributed by atoms with Crippen LogP contribution in [0.5, 0.6) is 0 Å². The van der Waals surface area contributed by atoms with E-state index in [1.54, 1.807) is 0 Å². The van der Waals surface area contributed by atoms with Crippen molar-refractivity contribution in [3.05, 3.63) is 29.3 Å². The smallest absolute Gasteiger partial charge is 0.230 e. The number of nitrogens with zero attached hydrogens (tertiary/aromatic N) is 1. The van der Waals surface area contributed by atoms with Gasteiger partial charge in [0, 0.05) is 31.4 Å². The molecule has 0 N–H and O–H groups in total. The fraction of sp³-hybridized carbons (Fsp3) is 0.562. The Bertz CT molecular complexity index is 478. The monoisotopic (exact) mass is 259 g/mol. The van der Waals surface area contributed by atoms with Gasteiger partial charge in [0.15, 0.2) is 0 Å². The zero-order chi connectivity index (χ0) is 13.2. The van der Waals surface area contributed by atoms with Gasteiger partial charge < -0.3 is 9.64 Å². The van der Waals surface area contributed by atoms with Gasteiger partial charge in [-0.1, -0.05) is 17.7 Å². The van der Waals surface area contributed by atoms with Gasteiger partial charge in [-0.2, -0.15) is 0 Å². The van der Waals surface area contributed by atoms with E-state index in [4.69, 9.17) is 4.74 Å². The van der Waals surface area contributed by atoms with E-state index in [0.717, 1.165) is 51.1 Å². The third kappa shape index (κ3) is 2.52. The Morgan fingerprint density at radius 2 is 2.11 bits per heavy atom. The molecule has 3 nitrogen and oxygen atoms in total. The molecular formula is C16H21NO2. The van der Waals surface area contributed by atoms with Crippen LogP contribution < -0.4 is 4.90 Å². The van der Waals surface area contributed by atoms with Gasteiger partial charge >= 0.3 is 0 Å². The molecule has 0 radical (unpaired) electrons. The molecule has 102 valence electrons. The molecule has 3 heteroatoms. The van der Waals surface area contributed by atoms with Crippen LogP contribution in [0.2, 0.25) is 0 Å². The molecule has 0 atom stereocenters. The molecule has 2 aliphatic heterocycles. The minimum absolute atomic E-state index is 0.154. The molecule has 1 aromatic carbocycles. The molecule has 0 bridgehead atoms. The first-order chi connectivity index (χ1) is 9.25. The van der Waals surface area contributed by atoms with E-state index in [1.807, 2.05) is 4.90 Å². The second-order valence-corrected chi connectivity index (χ2v) is 5.61. The second kappa shape index (κ2) is 5.33. The number of ether oxygens (including phenoxy) is 1. The van der Waals surface area contributed by atoms with Crippen LogP contribution in [0, 0.1) is 12.8 Å². The summed E-state index contributed by atoms with van der Waals surface area (Å²) in [4.78, 5) is 14.7. The Labute approximate surface area is 114 Å². The predicted molar refractivity (Wildman–Crippen MR) is 75.4 cm³/mol. The molecule has 19 heavy (non-hydrogen) atoms. The third-order valence-electron chi connectivity index (χ3n) is 4.19. The molecule has 1 aromatic rings. The molecule has 3 rings (SSSR count). The third-order valence-corrected chi connectivity index (χ3v) is 4.19. The first-order valence-corrected chi connectivity index (χ1v) is 7.24. The van der Waals surface area contributed by atoms with E-state index in [0.29, 0.717) is 5.91 Å². The average molecular weight is 259 g/mol. The lowest BCUT2D eigenvalue weighted by Gasteiger charge is -2.33. The molecule has 0 spiro atoms. The van der Waals surface area contributed by atoms with E-state index in [2.05, 4.69) is 25.1 Å². The van der Waals surface area contributed by atoms with Crippen molar-refractivity contribution in [2.75, 3.05) is 24.7 Å². The van der Waals surface area contributed by atoms with Gasteiger partial charge in [-0.3, -0.25) is 4.79 Å². The van der Waals surface area contributed by atoms with Gasteiger partial charge in [0.2, 0.25) is 5.91 Å². The highest BCUT2D eigenvalue weighted by atomic mass is 16.5. The van der Waals surface area contributed by atoms with Crippen LogP contribution in [0.1, 0.15) is 30.4 Å². The highest BCUT2D eigenvalue weighted by molar-refractivity contribution is 5.96. The van der Waals surface area contributed by atoms with E-state index in [-0.39, 0.29) is 5.92 Å². The largest absolute Gasteiger partial charge is 0.381 e. The van der Waals surface area contributed by atoms with Gasteiger partial charge in [-0.25, -0.2) is 0 Å². The number of benzene rings is 1. The average Bonchev–Trinajstić information content (AvgIpc) is 2.46. The highest BCUT2D eigenvalue weighted by Crippen LogP contribution is 2.30. The summed E-state index contributed by atoms with van der Waals surface area (Å²) >= 11 is 0. The van der Waals surface area contributed by atoms with Crippen molar-refractivity contribution < 1.29 is 9.53 Å². The number of aryl methyl sites for hydroxylation is 2. The van der Waals surface area contributed by atoms with Crippen LogP contribution >= 0.6 is 0 Å². The summed E-state index contributed by atoms with van der Waals surface area (Å²) in [6.45, 7) is 4.43. The van der Waals surface area contributed by atoms with Crippen LogP contribution in [0.3, 0.4) is 0 Å². The molecule has 1 saturated heterocycles. The zero-order valence-corrected chi connectivity index (χ0v) is 11.5. The molecule has 2 aliphatic rings. The summed E-state index contributed by atoms with van der Waals surface area (Å²) in [5, 5.41) is 0. The summed E-state index contributed by atoms with van der Waals surface area (Å²) < 4.78 is 5.35. The number of carbonyl (C=O) groups excluding carboxylic acids is 1. The molecule has 1 amide bonds. The molecule has 0 aliphatic carbocycles. The second-order valence-electron chi connectivity index (χ2n) is 5.61. The van der Waals surface area contributed by atoms with E-state index >= 15 is 0 Å². The SMILES string of the molecule is Cc1ccc2c(c1)CCCN2C(=O)C1CCOCC1. The topological polar surface area (TPSA) is 29.5 Å². The lowest BCUT2D eigenvalue weighted by atomic mass is 9.94. The lowest BCUT2D eigenvalue weighted by Crippen LogP contribution is -2.41. The number of hydrogen-bond acceptors (Lipinski definition) is 2. The maximum Gasteiger partial charge on any atom is 0.230 e. The summed E-state index contributed by atoms with van der Waals surface area (Å²) in [6.07, 6.45) is 3.91. The summed E-state index contributed by atoms with van der Waals surface area (Å²) in [6, 6.07) is 6.44. The van der Waals surface area contributed by atoms with E-state index < -0.39 is 0 Å².